The van der Waals surface area contributed by atoms with Gasteiger partial charge in [0.15, 0.2) is 5.82 Å². The largest absolute Gasteiger partial charge is 0.325 e. The van der Waals surface area contributed by atoms with E-state index in [1.807, 2.05) is 69.3 Å². The second kappa shape index (κ2) is 8.52. The van der Waals surface area contributed by atoms with Crippen molar-refractivity contribution in [1.82, 2.24) is 4.98 Å². The Morgan fingerprint density at radius 2 is 1.81 bits per heavy atom. The minimum atomic E-state index is -0.288. The van der Waals surface area contributed by atoms with E-state index in [9.17, 15) is 9.59 Å². The van der Waals surface area contributed by atoms with Crippen molar-refractivity contribution in [1.29, 1.82) is 0 Å². The van der Waals surface area contributed by atoms with Crippen LogP contribution >= 0.6 is 0 Å². The number of nitrogens with one attached hydrogen (secondary N) is 1. The number of aromatic nitrogens is 1. The van der Waals surface area contributed by atoms with Crippen LogP contribution in [-0.4, -0.2) is 29.1 Å². The highest BCUT2D eigenvalue weighted by Gasteiger charge is 2.27. The van der Waals surface area contributed by atoms with Crippen LogP contribution in [0.5, 0.6) is 0 Å². The van der Waals surface area contributed by atoms with E-state index in [0.29, 0.717) is 22.9 Å². The summed E-state index contributed by atoms with van der Waals surface area (Å²) in [5.74, 6) is -0.109. The Bertz CT molecular complexity index is 1180. The fourth-order valence-electron chi connectivity index (χ4n) is 3.46. The topological polar surface area (TPSA) is 74.7 Å². The second-order valence-electron chi connectivity index (χ2n) is 7.77. The van der Waals surface area contributed by atoms with Crippen molar-refractivity contribution in [3.63, 3.8) is 0 Å². The summed E-state index contributed by atoms with van der Waals surface area (Å²) in [6.45, 7) is 5.94. The molecule has 31 heavy (non-hydrogen) atoms. The van der Waals surface area contributed by atoms with Crippen molar-refractivity contribution in [2.75, 3.05) is 16.8 Å². The highest BCUT2D eigenvalue weighted by Crippen LogP contribution is 2.31. The summed E-state index contributed by atoms with van der Waals surface area (Å²) in [5.41, 5.74) is 6.25. The maximum absolute atomic E-state index is 13.2. The number of anilines is 2. The molecular weight excluding hydrogens is 388 g/mol. The lowest BCUT2D eigenvalue weighted by molar-refractivity contribution is -0.120. The molecule has 0 saturated carbocycles. The van der Waals surface area contributed by atoms with Crippen LogP contribution in [-0.2, 0) is 9.59 Å². The molecule has 0 radical (unpaired) electrons. The van der Waals surface area contributed by atoms with Crippen molar-refractivity contribution >= 4 is 34.7 Å². The average Bonchev–Trinajstić information content (AvgIpc) is 2.88. The van der Waals surface area contributed by atoms with Gasteiger partial charge >= 0.3 is 0 Å². The molecule has 156 valence electrons. The van der Waals surface area contributed by atoms with E-state index in [2.05, 4.69) is 10.3 Å². The molecular formula is C25H24N4O2. The first-order valence-electron chi connectivity index (χ1n) is 10.2. The standard InChI is InChI=1S/C25H24N4O2/c1-16-6-10-20(11-7-16)27-23(30)15-29-24(31)14-22(19-9-8-17(2)18(3)13-19)28-21-5-4-12-26-25(21)29/h4-13H,14-15H2,1-3H3,(H,27,30). The molecule has 2 amide bonds. The molecule has 6 nitrogen and oxygen atoms in total. The average molecular weight is 412 g/mol. The lowest BCUT2D eigenvalue weighted by atomic mass is 10.0. The van der Waals surface area contributed by atoms with Gasteiger partial charge in [-0.05, 0) is 67.8 Å². The molecule has 1 aliphatic rings. The van der Waals surface area contributed by atoms with Crippen LogP contribution in [0, 0.1) is 20.8 Å². The highest BCUT2D eigenvalue weighted by atomic mass is 16.2. The van der Waals surface area contributed by atoms with Gasteiger partial charge in [0.1, 0.15) is 12.2 Å². The lowest BCUT2D eigenvalue weighted by Crippen LogP contribution is -2.39. The SMILES string of the molecule is Cc1ccc(NC(=O)CN2C(=O)CC(c3ccc(C)c(C)c3)=Nc3cccnc32)cc1. The van der Waals surface area contributed by atoms with Crippen molar-refractivity contribution < 1.29 is 9.59 Å². The third kappa shape index (κ3) is 4.53. The van der Waals surface area contributed by atoms with Gasteiger partial charge in [-0.25, -0.2) is 9.98 Å². The summed E-state index contributed by atoms with van der Waals surface area (Å²) in [6, 6.07) is 17.2. The molecule has 1 aromatic heterocycles. The molecule has 2 heterocycles. The van der Waals surface area contributed by atoms with Crippen LogP contribution < -0.4 is 10.2 Å². The van der Waals surface area contributed by atoms with E-state index in [0.717, 1.165) is 16.7 Å². The van der Waals surface area contributed by atoms with Gasteiger partial charge in [-0.3, -0.25) is 14.5 Å². The molecule has 3 aromatic rings. The predicted molar refractivity (Wildman–Crippen MR) is 123 cm³/mol. The molecule has 0 bridgehead atoms. The van der Waals surface area contributed by atoms with Gasteiger partial charge in [-0.15, -0.1) is 0 Å². The number of pyridine rings is 1. The summed E-state index contributed by atoms with van der Waals surface area (Å²) in [7, 11) is 0. The first-order valence-corrected chi connectivity index (χ1v) is 10.2. The number of amides is 2. The van der Waals surface area contributed by atoms with Gasteiger partial charge in [0, 0.05) is 11.9 Å². The maximum Gasteiger partial charge on any atom is 0.244 e. The Kier molecular flexibility index (Phi) is 5.62. The number of hydrogen-bond donors (Lipinski definition) is 1. The molecule has 4 rings (SSSR count). The van der Waals surface area contributed by atoms with Gasteiger partial charge < -0.3 is 5.32 Å². The van der Waals surface area contributed by atoms with Crippen molar-refractivity contribution in [3.05, 3.63) is 83.0 Å². The molecule has 0 fully saturated rings. The van der Waals surface area contributed by atoms with E-state index in [1.54, 1.807) is 12.3 Å². The molecule has 0 aliphatic carbocycles. The van der Waals surface area contributed by atoms with Gasteiger partial charge in [0.25, 0.3) is 0 Å². The molecule has 6 heteroatoms. The minimum absolute atomic E-state index is 0.0939. The Balaban J connectivity index is 1.61. The Hall–Kier alpha value is -3.80. The van der Waals surface area contributed by atoms with Crippen LogP contribution in [0.3, 0.4) is 0 Å². The first kappa shape index (κ1) is 20.5. The van der Waals surface area contributed by atoms with Crippen LogP contribution in [0.4, 0.5) is 17.2 Å². The zero-order valence-corrected chi connectivity index (χ0v) is 17.8. The highest BCUT2D eigenvalue weighted by molar-refractivity contribution is 6.18. The van der Waals surface area contributed by atoms with Crippen LogP contribution in [0.15, 0.2) is 65.8 Å². The van der Waals surface area contributed by atoms with Crippen molar-refractivity contribution in [3.8, 4) is 0 Å². The summed E-state index contributed by atoms with van der Waals surface area (Å²) in [6.07, 6.45) is 1.70. The Labute approximate surface area is 181 Å². The van der Waals surface area contributed by atoms with Crippen molar-refractivity contribution in [2.45, 2.75) is 27.2 Å². The predicted octanol–water partition coefficient (Wildman–Crippen LogP) is 4.50. The van der Waals surface area contributed by atoms with E-state index in [4.69, 9.17) is 4.99 Å². The molecule has 0 atom stereocenters. The number of aryl methyl sites for hydroxylation is 3. The quantitative estimate of drug-likeness (QED) is 0.685. The van der Waals surface area contributed by atoms with E-state index in [1.165, 1.54) is 10.5 Å². The number of fused-ring (bicyclic) bond motifs is 1. The first-order chi connectivity index (χ1) is 14.9. The summed E-state index contributed by atoms with van der Waals surface area (Å²) in [4.78, 5) is 36.4. The van der Waals surface area contributed by atoms with E-state index in [-0.39, 0.29) is 24.8 Å². The fraction of sp³-hybridized carbons (Fsp3) is 0.200. The molecule has 0 spiro atoms. The lowest BCUT2D eigenvalue weighted by Gasteiger charge is -2.20. The number of benzene rings is 2. The van der Waals surface area contributed by atoms with Crippen LogP contribution in [0.1, 0.15) is 28.7 Å². The van der Waals surface area contributed by atoms with Crippen LogP contribution in [0.25, 0.3) is 0 Å². The molecule has 0 unspecified atom stereocenters. The third-order valence-corrected chi connectivity index (χ3v) is 5.37. The second-order valence-corrected chi connectivity index (χ2v) is 7.77. The number of rotatable bonds is 4. The number of carbonyl (C=O) groups excluding carboxylic acids is 2. The number of nitrogens with zero attached hydrogens (tertiary/aromatic N) is 3. The van der Waals surface area contributed by atoms with Crippen LogP contribution in [0.2, 0.25) is 0 Å². The molecule has 1 N–H and O–H groups in total. The third-order valence-electron chi connectivity index (χ3n) is 5.37. The van der Waals surface area contributed by atoms with Gasteiger partial charge in [-0.1, -0.05) is 29.8 Å². The fourth-order valence-corrected chi connectivity index (χ4v) is 3.46. The summed E-state index contributed by atoms with van der Waals surface area (Å²) in [5, 5.41) is 2.85. The zero-order valence-electron chi connectivity index (χ0n) is 17.8. The van der Waals surface area contributed by atoms with E-state index < -0.39 is 0 Å². The van der Waals surface area contributed by atoms with Gasteiger partial charge in [0.2, 0.25) is 11.8 Å². The molecule has 1 aliphatic heterocycles. The zero-order chi connectivity index (χ0) is 22.0. The summed E-state index contributed by atoms with van der Waals surface area (Å²) < 4.78 is 0. The number of carbonyl (C=O) groups is 2. The number of aliphatic imine (C=N–C) groups is 1. The maximum atomic E-state index is 13.2. The monoisotopic (exact) mass is 412 g/mol. The van der Waals surface area contributed by atoms with Gasteiger partial charge in [-0.2, -0.15) is 0 Å². The smallest absolute Gasteiger partial charge is 0.244 e. The minimum Gasteiger partial charge on any atom is -0.325 e. The number of hydrogen-bond acceptors (Lipinski definition) is 4. The van der Waals surface area contributed by atoms with E-state index >= 15 is 0 Å². The molecule has 0 saturated heterocycles. The summed E-state index contributed by atoms with van der Waals surface area (Å²) >= 11 is 0. The normalized spacial score (nSPS) is 13.3. The molecule has 2 aromatic carbocycles. The van der Waals surface area contributed by atoms with Gasteiger partial charge in [0.05, 0.1) is 12.1 Å². The van der Waals surface area contributed by atoms with Crippen molar-refractivity contribution in [2.24, 2.45) is 4.99 Å². The Morgan fingerprint density at radius 3 is 2.55 bits per heavy atom. The Morgan fingerprint density at radius 1 is 1.03 bits per heavy atom.